The number of aryl methyl sites for hydroxylation is 1. The lowest BCUT2D eigenvalue weighted by atomic mass is 10.1. The Kier molecular flexibility index (Phi) is 10.3. The second-order valence-corrected chi connectivity index (χ2v) is 7.22. The van der Waals surface area contributed by atoms with Gasteiger partial charge in [-0.2, -0.15) is 0 Å². The molecule has 0 aliphatic rings. The van der Waals surface area contributed by atoms with Crippen LogP contribution in [0.3, 0.4) is 0 Å². The molecule has 0 aliphatic carbocycles. The number of carboxylic acid groups (broad SMARTS) is 1. The van der Waals surface area contributed by atoms with Crippen molar-refractivity contribution in [2.24, 2.45) is 0 Å². The summed E-state index contributed by atoms with van der Waals surface area (Å²) in [5.41, 5.74) is 3.16. The topological polar surface area (TPSA) is 72.7 Å². The van der Waals surface area contributed by atoms with Crippen LogP contribution in [-0.2, 0) is 22.5 Å². The van der Waals surface area contributed by atoms with Gasteiger partial charge in [0.1, 0.15) is 5.75 Å². The number of ether oxygens (including phenoxy) is 1. The molecular formula is C24H32N2O4S. The summed E-state index contributed by atoms with van der Waals surface area (Å²) >= 11 is 1.34. The van der Waals surface area contributed by atoms with E-state index in [9.17, 15) is 4.79 Å². The molecule has 0 saturated carbocycles. The van der Waals surface area contributed by atoms with Crippen molar-refractivity contribution in [3.8, 4) is 5.75 Å². The van der Waals surface area contributed by atoms with Crippen LogP contribution in [0.4, 0.5) is 5.69 Å². The Morgan fingerprint density at radius 1 is 1.16 bits per heavy atom. The minimum absolute atomic E-state index is 0.358. The molecule has 0 spiro atoms. The first-order valence-electron chi connectivity index (χ1n) is 10.5. The number of carbonyl (C=O) groups is 1. The Morgan fingerprint density at radius 2 is 1.90 bits per heavy atom. The second-order valence-electron chi connectivity index (χ2n) is 6.72. The van der Waals surface area contributed by atoms with E-state index in [0.717, 1.165) is 36.5 Å². The van der Waals surface area contributed by atoms with E-state index in [1.165, 1.54) is 30.1 Å². The zero-order valence-electron chi connectivity index (χ0n) is 18.6. The van der Waals surface area contributed by atoms with E-state index in [0.29, 0.717) is 6.42 Å². The highest BCUT2D eigenvalue weighted by molar-refractivity contribution is 7.94. The number of rotatable bonds is 11. The van der Waals surface area contributed by atoms with E-state index in [2.05, 4.69) is 34.3 Å². The molecule has 0 saturated heterocycles. The lowest BCUT2D eigenvalue weighted by Gasteiger charge is -2.12. The number of carboxylic acids is 1. The van der Waals surface area contributed by atoms with Gasteiger partial charge in [-0.15, -0.1) is 0 Å². The van der Waals surface area contributed by atoms with Gasteiger partial charge in [-0.05, 0) is 48.4 Å². The van der Waals surface area contributed by atoms with Crippen LogP contribution >= 0.6 is 12.0 Å². The number of hydrogen-bond acceptors (Lipinski definition) is 5. The molecule has 2 aromatic carbocycles. The molecule has 3 rings (SSSR count). The van der Waals surface area contributed by atoms with Gasteiger partial charge in [-0.25, -0.2) is 4.79 Å². The third-order valence-electron chi connectivity index (χ3n) is 4.76. The summed E-state index contributed by atoms with van der Waals surface area (Å²) in [6, 6.07) is 16.1. The molecular weight excluding hydrogens is 412 g/mol. The molecule has 2 N–H and O–H groups in total. The van der Waals surface area contributed by atoms with Crippen molar-refractivity contribution in [2.75, 3.05) is 25.2 Å². The monoisotopic (exact) mass is 444 g/mol. The second kappa shape index (κ2) is 12.9. The summed E-state index contributed by atoms with van der Waals surface area (Å²) in [4.78, 5) is 11.1. The van der Waals surface area contributed by atoms with Gasteiger partial charge in [0.25, 0.3) is 0 Å². The highest BCUT2D eigenvalue weighted by Crippen LogP contribution is 2.24. The van der Waals surface area contributed by atoms with Gasteiger partial charge in [-0.3, -0.25) is 0 Å². The van der Waals surface area contributed by atoms with E-state index in [1.807, 2.05) is 50.4 Å². The maximum Gasteiger partial charge on any atom is 0.333 e. The normalized spacial score (nSPS) is 11.5. The molecule has 0 fully saturated rings. The molecule has 0 bridgehead atoms. The maximum atomic E-state index is 11.1. The van der Waals surface area contributed by atoms with Crippen molar-refractivity contribution in [2.45, 2.75) is 39.3 Å². The Morgan fingerprint density at radius 3 is 2.55 bits per heavy atom. The first-order chi connectivity index (χ1) is 15.1. The van der Waals surface area contributed by atoms with E-state index >= 15 is 0 Å². The van der Waals surface area contributed by atoms with Crippen LogP contribution in [-0.4, -0.2) is 41.7 Å². The fourth-order valence-corrected chi connectivity index (χ4v) is 3.54. The molecule has 168 valence electrons. The molecule has 1 atom stereocenters. The average Bonchev–Trinajstić information content (AvgIpc) is 3.19. The third-order valence-corrected chi connectivity index (χ3v) is 5.12. The summed E-state index contributed by atoms with van der Waals surface area (Å²) in [5.74, 6) is -0.0757. The fourth-order valence-electron chi connectivity index (χ4n) is 3.25. The summed E-state index contributed by atoms with van der Waals surface area (Å²) in [5, 5.41) is 13.7. The Labute approximate surface area is 188 Å². The number of fused-ring (bicyclic) bond motifs is 1. The molecule has 1 unspecified atom stereocenters. The van der Waals surface area contributed by atoms with Crippen LogP contribution in [0.25, 0.3) is 10.9 Å². The van der Waals surface area contributed by atoms with Gasteiger partial charge in [0, 0.05) is 55.7 Å². The SMILES string of the molecule is CC.COC(Cc1ccc(NCCCn2ccc3cc(OSC)ccc32)cc1)C(=O)O. The van der Waals surface area contributed by atoms with E-state index in [1.54, 1.807) is 0 Å². The minimum Gasteiger partial charge on any atom is -0.479 e. The Balaban J connectivity index is 0.00000166. The molecule has 0 radical (unpaired) electrons. The van der Waals surface area contributed by atoms with Crippen molar-refractivity contribution in [3.05, 3.63) is 60.3 Å². The Hall–Kier alpha value is -2.64. The highest BCUT2D eigenvalue weighted by Gasteiger charge is 2.16. The number of hydrogen-bond donors (Lipinski definition) is 2. The fraction of sp³-hybridized carbons (Fsp3) is 0.375. The van der Waals surface area contributed by atoms with E-state index in [4.69, 9.17) is 14.0 Å². The number of benzene rings is 2. The van der Waals surface area contributed by atoms with Crippen molar-refractivity contribution in [1.29, 1.82) is 0 Å². The summed E-state index contributed by atoms with van der Waals surface area (Å²) in [7, 11) is 1.42. The first kappa shape index (κ1) is 24.6. The molecule has 1 heterocycles. The largest absolute Gasteiger partial charge is 0.479 e. The van der Waals surface area contributed by atoms with Crippen molar-refractivity contribution in [1.82, 2.24) is 4.57 Å². The Bertz CT molecular complexity index is 940. The van der Waals surface area contributed by atoms with Crippen LogP contribution in [0, 0.1) is 0 Å². The lowest BCUT2D eigenvalue weighted by Crippen LogP contribution is -2.24. The molecule has 0 amide bonds. The van der Waals surface area contributed by atoms with E-state index < -0.39 is 12.1 Å². The van der Waals surface area contributed by atoms with Gasteiger partial charge < -0.3 is 23.9 Å². The van der Waals surface area contributed by atoms with Crippen LogP contribution in [0.15, 0.2) is 54.7 Å². The number of nitrogens with one attached hydrogen (secondary N) is 1. The van der Waals surface area contributed by atoms with Crippen LogP contribution in [0.1, 0.15) is 25.8 Å². The summed E-state index contributed by atoms with van der Waals surface area (Å²) in [6.07, 6.45) is 4.54. The lowest BCUT2D eigenvalue weighted by molar-refractivity contribution is -0.148. The van der Waals surface area contributed by atoms with Gasteiger partial charge in [-0.1, -0.05) is 26.0 Å². The van der Waals surface area contributed by atoms with E-state index in [-0.39, 0.29) is 0 Å². The van der Waals surface area contributed by atoms with Gasteiger partial charge in [0.15, 0.2) is 6.10 Å². The highest BCUT2D eigenvalue weighted by atomic mass is 32.2. The average molecular weight is 445 g/mol. The molecule has 0 aliphatic heterocycles. The summed E-state index contributed by atoms with van der Waals surface area (Å²) in [6.45, 7) is 5.77. The molecule has 7 heteroatoms. The van der Waals surface area contributed by atoms with Crippen LogP contribution in [0.2, 0.25) is 0 Å². The zero-order valence-corrected chi connectivity index (χ0v) is 19.4. The van der Waals surface area contributed by atoms with Gasteiger partial charge in [0.05, 0.1) is 12.0 Å². The predicted molar refractivity (Wildman–Crippen MR) is 129 cm³/mol. The van der Waals surface area contributed by atoms with Crippen molar-refractivity contribution >= 4 is 34.6 Å². The minimum atomic E-state index is -0.944. The van der Waals surface area contributed by atoms with Crippen LogP contribution in [0.5, 0.6) is 5.75 Å². The smallest absolute Gasteiger partial charge is 0.333 e. The number of aromatic nitrogens is 1. The molecule has 1 aromatic heterocycles. The number of methoxy groups -OCH3 is 1. The van der Waals surface area contributed by atoms with Gasteiger partial charge >= 0.3 is 5.97 Å². The predicted octanol–water partition coefficient (Wildman–Crippen LogP) is 5.47. The first-order valence-corrected chi connectivity index (χ1v) is 11.6. The quantitative estimate of drug-likeness (QED) is 0.302. The van der Waals surface area contributed by atoms with Gasteiger partial charge in [0.2, 0.25) is 0 Å². The van der Waals surface area contributed by atoms with Crippen molar-refractivity contribution in [3.63, 3.8) is 0 Å². The zero-order chi connectivity index (χ0) is 22.6. The van der Waals surface area contributed by atoms with Crippen molar-refractivity contribution < 1.29 is 18.8 Å². The van der Waals surface area contributed by atoms with Crippen LogP contribution < -0.4 is 9.50 Å². The molecule has 6 nitrogen and oxygen atoms in total. The maximum absolute atomic E-state index is 11.1. The molecule has 31 heavy (non-hydrogen) atoms. The standard InChI is InChI=1S/C22H26N2O4S.C2H6/c1-27-21(22(25)26)14-16-4-6-18(7-5-16)23-11-3-12-24-13-10-17-15-19(28-29-2)8-9-20(17)24;1-2/h4-10,13,15,21,23H,3,11-12,14H2,1-2H3,(H,25,26);1-2H3. The number of aliphatic carboxylic acids is 1. The third kappa shape index (κ3) is 7.22. The number of anilines is 1. The number of nitrogens with zero attached hydrogens (tertiary/aromatic N) is 1. The molecule has 3 aromatic rings. The summed E-state index contributed by atoms with van der Waals surface area (Å²) < 4.78 is 12.7.